The lowest BCUT2D eigenvalue weighted by Crippen LogP contribution is -2.53. The number of hydrogen-bond donors (Lipinski definition) is 1. The minimum Gasteiger partial charge on any atom is -0.316 e. The Labute approximate surface area is 113 Å². The van der Waals surface area contributed by atoms with Crippen molar-refractivity contribution < 1.29 is 0 Å². The minimum absolute atomic E-state index is 0.706. The summed E-state index contributed by atoms with van der Waals surface area (Å²) < 4.78 is 0. The van der Waals surface area contributed by atoms with Crippen LogP contribution in [-0.4, -0.2) is 13.1 Å². The summed E-state index contributed by atoms with van der Waals surface area (Å²) in [6, 6.07) is 0. The molecular formula is C17H31N. The molecule has 18 heavy (non-hydrogen) atoms. The molecule has 1 heterocycles. The Kier molecular flexibility index (Phi) is 3.71. The highest BCUT2D eigenvalue weighted by atomic mass is 14.9. The second kappa shape index (κ2) is 5.15. The van der Waals surface area contributed by atoms with E-state index < -0.39 is 0 Å². The molecule has 4 unspecified atom stereocenters. The summed E-state index contributed by atoms with van der Waals surface area (Å²) in [4.78, 5) is 0. The predicted octanol–water partition coefficient (Wildman–Crippen LogP) is 4.23. The molecule has 3 aliphatic rings. The van der Waals surface area contributed by atoms with Crippen molar-refractivity contribution in [2.75, 3.05) is 13.1 Å². The fraction of sp³-hybridized carbons (Fsp3) is 1.00. The van der Waals surface area contributed by atoms with Gasteiger partial charge in [0.05, 0.1) is 0 Å². The summed E-state index contributed by atoms with van der Waals surface area (Å²) in [5.74, 6) is 3.99. The van der Waals surface area contributed by atoms with E-state index in [4.69, 9.17) is 0 Å². The van der Waals surface area contributed by atoms with Crippen molar-refractivity contribution in [3.8, 4) is 0 Å². The monoisotopic (exact) mass is 249 g/mol. The summed E-state index contributed by atoms with van der Waals surface area (Å²) in [7, 11) is 0. The third-order valence-electron chi connectivity index (χ3n) is 6.64. The van der Waals surface area contributed by atoms with Gasteiger partial charge in [-0.1, -0.05) is 46.0 Å². The van der Waals surface area contributed by atoms with Crippen molar-refractivity contribution >= 4 is 0 Å². The van der Waals surface area contributed by atoms with Crippen LogP contribution in [0, 0.1) is 29.1 Å². The van der Waals surface area contributed by atoms with Crippen LogP contribution in [0.4, 0.5) is 0 Å². The van der Waals surface area contributed by atoms with E-state index in [2.05, 4.69) is 19.2 Å². The lowest BCUT2D eigenvalue weighted by Gasteiger charge is -2.55. The summed E-state index contributed by atoms with van der Waals surface area (Å²) in [6.07, 6.45) is 12.0. The third-order valence-corrected chi connectivity index (χ3v) is 6.64. The molecule has 1 saturated heterocycles. The van der Waals surface area contributed by atoms with Crippen LogP contribution in [0.15, 0.2) is 0 Å². The average molecular weight is 249 g/mol. The number of piperidine rings is 1. The molecule has 0 bridgehead atoms. The van der Waals surface area contributed by atoms with Gasteiger partial charge in [0, 0.05) is 0 Å². The molecule has 1 heteroatoms. The molecule has 4 atom stereocenters. The van der Waals surface area contributed by atoms with Gasteiger partial charge in [-0.3, -0.25) is 0 Å². The first-order valence-electron chi connectivity index (χ1n) is 8.43. The van der Waals surface area contributed by atoms with Gasteiger partial charge in [0.15, 0.2) is 0 Å². The standard InChI is InChI=1S/C17H31N/c1-13-7-8-14(2)17(11-13)9-10-18-12-16(17)15-5-3-4-6-15/h13-16,18H,3-12H2,1-2H3. The Balaban J connectivity index is 1.84. The lowest BCUT2D eigenvalue weighted by atomic mass is 9.53. The smallest absolute Gasteiger partial charge is 0.00124 e. The first-order valence-corrected chi connectivity index (χ1v) is 8.43. The van der Waals surface area contributed by atoms with Crippen molar-refractivity contribution in [2.45, 2.75) is 65.2 Å². The van der Waals surface area contributed by atoms with Crippen LogP contribution in [0.2, 0.25) is 0 Å². The van der Waals surface area contributed by atoms with Crippen LogP contribution in [-0.2, 0) is 0 Å². The summed E-state index contributed by atoms with van der Waals surface area (Å²) in [5, 5.41) is 3.72. The predicted molar refractivity (Wildman–Crippen MR) is 77.5 cm³/mol. The largest absolute Gasteiger partial charge is 0.316 e. The average Bonchev–Trinajstić information content (AvgIpc) is 2.88. The quantitative estimate of drug-likeness (QED) is 0.733. The van der Waals surface area contributed by atoms with Crippen molar-refractivity contribution in [2.24, 2.45) is 29.1 Å². The van der Waals surface area contributed by atoms with E-state index in [1.165, 1.54) is 64.5 Å². The van der Waals surface area contributed by atoms with E-state index in [1.54, 1.807) is 0 Å². The molecule has 1 nitrogen and oxygen atoms in total. The van der Waals surface area contributed by atoms with Crippen LogP contribution in [0.25, 0.3) is 0 Å². The van der Waals surface area contributed by atoms with E-state index in [1.807, 2.05) is 0 Å². The first kappa shape index (κ1) is 13.0. The Morgan fingerprint density at radius 2 is 1.78 bits per heavy atom. The molecule has 1 N–H and O–H groups in total. The zero-order valence-electron chi connectivity index (χ0n) is 12.4. The number of rotatable bonds is 1. The molecule has 3 fully saturated rings. The van der Waals surface area contributed by atoms with Gasteiger partial charge in [-0.15, -0.1) is 0 Å². The molecule has 1 aliphatic heterocycles. The van der Waals surface area contributed by atoms with E-state index in [9.17, 15) is 0 Å². The van der Waals surface area contributed by atoms with Crippen molar-refractivity contribution in [3.05, 3.63) is 0 Å². The van der Waals surface area contributed by atoms with Crippen LogP contribution >= 0.6 is 0 Å². The van der Waals surface area contributed by atoms with E-state index in [-0.39, 0.29) is 0 Å². The van der Waals surface area contributed by atoms with Crippen LogP contribution in [0.1, 0.15) is 65.2 Å². The fourth-order valence-electron chi connectivity index (χ4n) is 5.60. The van der Waals surface area contributed by atoms with Gasteiger partial charge in [0.25, 0.3) is 0 Å². The summed E-state index contributed by atoms with van der Waals surface area (Å²) >= 11 is 0. The maximum absolute atomic E-state index is 3.72. The Morgan fingerprint density at radius 1 is 1.00 bits per heavy atom. The maximum Gasteiger partial charge on any atom is -0.00124 e. The molecule has 0 radical (unpaired) electrons. The SMILES string of the molecule is CC1CCC(C)C2(CCNCC2C2CCCC2)C1. The second-order valence-electron chi connectivity index (χ2n) is 7.63. The van der Waals surface area contributed by atoms with Gasteiger partial charge in [-0.05, 0) is 61.4 Å². The molecule has 3 rings (SSSR count). The van der Waals surface area contributed by atoms with Crippen molar-refractivity contribution in [1.29, 1.82) is 0 Å². The van der Waals surface area contributed by atoms with Gasteiger partial charge in [0.2, 0.25) is 0 Å². The molecule has 2 saturated carbocycles. The van der Waals surface area contributed by atoms with Crippen LogP contribution in [0.3, 0.4) is 0 Å². The van der Waals surface area contributed by atoms with Gasteiger partial charge in [-0.25, -0.2) is 0 Å². The molecular weight excluding hydrogens is 218 g/mol. The van der Waals surface area contributed by atoms with E-state index in [0.29, 0.717) is 5.41 Å². The number of nitrogens with one attached hydrogen (secondary N) is 1. The molecule has 104 valence electrons. The molecule has 2 aliphatic carbocycles. The number of hydrogen-bond acceptors (Lipinski definition) is 1. The summed E-state index contributed by atoms with van der Waals surface area (Å²) in [5.41, 5.74) is 0.706. The molecule has 1 spiro atoms. The Hall–Kier alpha value is -0.0400. The van der Waals surface area contributed by atoms with Crippen molar-refractivity contribution in [3.63, 3.8) is 0 Å². The molecule has 0 aromatic carbocycles. The highest BCUT2D eigenvalue weighted by Crippen LogP contribution is 2.56. The molecule has 0 aromatic heterocycles. The minimum atomic E-state index is 0.706. The van der Waals surface area contributed by atoms with Crippen molar-refractivity contribution in [1.82, 2.24) is 5.32 Å². The fourth-order valence-corrected chi connectivity index (χ4v) is 5.60. The molecule has 0 aromatic rings. The van der Waals surface area contributed by atoms with E-state index >= 15 is 0 Å². The Bertz CT molecular complexity index is 281. The van der Waals surface area contributed by atoms with Gasteiger partial charge >= 0.3 is 0 Å². The maximum atomic E-state index is 3.72. The highest BCUT2D eigenvalue weighted by molar-refractivity contribution is 5.01. The second-order valence-corrected chi connectivity index (χ2v) is 7.63. The van der Waals surface area contributed by atoms with Crippen LogP contribution < -0.4 is 5.32 Å². The normalized spacial score (nSPS) is 46.7. The third kappa shape index (κ3) is 2.13. The van der Waals surface area contributed by atoms with Crippen LogP contribution in [0.5, 0.6) is 0 Å². The van der Waals surface area contributed by atoms with E-state index in [0.717, 1.165) is 23.7 Å². The lowest BCUT2D eigenvalue weighted by molar-refractivity contribution is -0.0399. The first-order chi connectivity index (χ1) is 8.72. The zero-order chi connectivity index (χ0) is 12.6. The summed E-state index contributed by atoms with van der Waals surface area (Å²) in [6.45, 7) is 7.67. The van der Waals surface area contributed by atoms with Gasteiger partial charge in [0.1, 0.15) is 0 Å². The van der Waals surface area contributed by atoms with Gasteiger partial charge < -0.3 is 5.32 Å². The van der Waals surface area contributed by atoms with Gasteiger partial charge in [-0.2, -0.15) is 0 Å². The topological polar surface area (TPSA) is 12.0 Å². The Morgan fingerprint density at radius 3 is 2.56 bits per heavy atom. The zero-order valence-corrected chi connectivity index (χ0v) is 12.4. The highest BCUT2D eigenvalue weighted by Gasteiger charge is 2.49. The molecule has 0 amide bonds.